The second kappa shape index (κ2) is 9.72. The van der Waals surface area contributed by atoms with Gasteiger partial charge in [-0.1, -0.05) is 79.4 Å². The number of phenolic OH excluding ortho intramolecular Hbond substituents is 1. The number of carbonyl (C=O) groups is 1. The zero-order valence-corrected chi connectivity index (χ0v) is 19.6. The van der Waals surface area contributed by atoms with Crippen LogP contribution in [0.1, 0.15) is 22.3 Å². The summed E-state index contributed by atoms with van der Waals surface area (Å²) in [6, 6.07) is 32.0. The predicted molar refractivity (Wildman–Crippen MR) is 138 cm³/mol. The number of fused-ring (bicyclic) bond motifs is 3. The lowest BCUT2D eigenvalue weighted by atomic mass is 9.68. The maximum atomic E-state index is 11.2. The predicted octanol–water partition coefficient (Wildman–Crippen LogP) is 5.22. The molecule has 0 bridgehead atoms. The summed E-state index contributed by atoms with van der Waals surface area (Å²) in [6.45, 7) is 3.15. The lowest BCUT2D eigenvalue weighted by Gasteiger charge is -2.34. The number of hydrogen-bond donors (Lipinski definition) is 2. The van der Waals surface area contributed by atoms with E-state index in [-0.39, 0.29) is 19.0 Å². The number of benzene rings is 4. The fraction of sp³-hybridized carbons (Fsp3) is 0.129. The molecule has 1 unspecified atom stereocenters. The van der Waals surface area contributed by atoms with Gasteiger partial charge in [0, 0.05) is 6.08 Å². The van der Waals surface area contributed by atoms with Gasteiger partial charge in [0.2, 0.25) is 0 Å². The van der Waals surface area contributed by atoms with Crippen molar-refractivity contribution in [2.75, 3.05) is 13.2 Å². The zero-order valence-electron chi connectivity index (χ0n) is 19.6. The van der Waals surface area contributed by atoms with Crippen LogP contribution in [0.2, 0.25) is 0 Å². The second-order valence-corrected chi connectivity index (χ2v) is 8.71. The number of aromatic hydroxyl groups is 1. The van der Waals surface area contributed by atoms with Crippen molar-refractivity contribution in [3.05, 3.63) is 132 Å². The van der Waals surface area contributed by atoms with Gasteiger partial charge in [0.05, 0.1) is 5.41 Å². The van der Waals surface area contributed by atoms with Crippen LogP contribution in [0.4, 0.5) is 0 Å². The number of esters is 1. The lowest BCUT2D eigenvalue weighted by Crippen LogP contribution is -2.28. The third-order valence-electron chi connectivity index (χ3n) is 6.57. The molecule has 0 heterocycles. The Morgan fingerprint density at radius 3 is 1.89 bits per heavy atom. The van der Waals surface area contributed by atoms with E-state index in [9.17, 15) is 15.0 Å². The average molecular weight is 479 g/mol. The maximum absolute atomic E-state index is 11.2. The number of carbonyl (C=O) groups excluding carboxylic acids is 1. The molecule has 1 atom stereocenters. The summed E-state index contributed by atoms with van der Waals surface area (Å²) in [5.74, 6) is 0.220. The van der Waals surface area contributed by atoms with Crippen molar-refractivity contribution in [2.24, 2.45) is 0 Å². The first-order valence-electron chi connectivity index (χ1n) is 11.7. The van der Waals surface area contributed by atoms with Crippen LogP contribution in [0.15, 0.2) is 110 Å². The number of phenols is 1. The van der Waals surface area contributed by atoms with Gasteiger partial charge in [-0.2, -0.15) is 0 Å². The van der Waals surface area contributed by atoms with Crippen LogP contribution in [0.3, 0.4) is 0 Å². The average Bonchev–Trinajstić information content (AvgIpc) is 3.22. The smallest absolute Gasteiger partial charge is 0.330 e. The molecule has 4 aromatic carbocycles. The Morgan fingerprint density at radius 2 is 1.33 bits per heavy atom. The minimum atomic E-state index is -0.953. The Balaban J connectivity index is 1.53. The number of aliphatic hydroxyl groups excluding tert-OH is 1. The summed E-state index contributed by atoms with van der Waals surface area (Å²) in [7, 11) is 0. The highest BCUT2D eigenvalue weighted by molar-refractivity contribution is 5.86. The third-order valence-corrected chi connectivity index (χ3v) is 6.57. The molecule has 0 amide bonds. The zero-order chi connectivity index (χ0) is 25.1. The minimum Gasteiger partial charge on any atom is -0.508 e. The first-order chi connectivity index (χ1) is 17.5. The van der Waals surface area contributed by atoms with E-state index < -0.39 is 17.5 Å². The number of rotatable bonds is 8. The largest absolute Gasteiger partial charge is 0.508 e. The van der Waals surface area contributed by atoms with Gasteiger partial charge in [-0.15, -0.1) is 0 Å². The van der Waals surface area contributed by atoms with E-state index in [1.807, 2.05) is 36.4 Å². The fourth-order valence-electron chi connectivity index (χ4n) is 5.01. The van der Waals surface area contributed by atoms with Gasteiger partial charge in [-0.05, 0) is 57.6 Å². The highest BCUT2D eigenvalue weighted by Gasteiger charge is 2.45. The van der Waals surface area contributed by atoms with Crippen LogP contribution >= 0.6 is 0 Å². The van der Waals surface area contributed by atoms with E-state index in [1.54, 1.807) is 12.1 Å². The van der Waals surface area contributed by atoms with Crippen LogP contribution in [-0.2, 0) is 14.9 Å². The Kier molecular flexibility index (Phi) is 6.32. The summed E-state index contributed by atoms with van der Waals surface area (Å²) in [6.07, 6.45) is 0.0979. The summed E-state index contributed by atoms with van der Waals surface area (Å²) in [4.78, 5) is 11.2. The van der Waals surface area contributed by atoms with Gasteiger partial charge in [0.1, 0.15) is 30.8 Å². The monoisotopic (exact) mass is 478 g/mol. The quantitative estimate of drug-likeness (QED) is 0.236. The Morgan fingerprint density at radius 1 is 0.806 bits per heavy atom. The van der Waals surface area contributed by atoms with Crippen molar-refractivity contribution in [3.8, 4) is 22.6 Å². The van der Waals surface area contributed by atoms with Crippen LogP contribution in [-0.4, -0.2) is 35.5 Å². The molecular formula is C31H26O5. The van der Waals surface area contributed by atoms with Crippen LogP contribution in [0.25, 0.3) is 11.1 Å². The molecule has 4 aromatic rings. The van der Waals surface area contributed by atoms with E-state index in [0.717, 1.165) is 17.2 Å². The van der Waals surface area contributed by atoms with Gasteiger partial charge in [-0.3, -0.25) is 0 Å². The first-order valence-corrected chi connectivity index (χ1v) is 11.7. The number of aliphatic hydroxyl groups is 1. The van der Waals surface area contributed by atoms with E-state index in [0.29, 0.717) is 5.75 Å². The van der Waals surface area contributed by atoms with Crippen molar-refractivity contribution >= 4 is 5.97 Å². The molecule has 2 N–H and O–H groups in total. The Bertz CT molecular complexity index is 1340. The normalized spacial score (nSPS) is 13.8. The van der Waals surface area contributed by atoms with E-state index >= 15 is 0 Å². The Labute approximate surface area is 209 Å². The molecule has 0 aliphatic heterocycles. The van der Waals surface area contributed by atoms with Crippen molar-refractivity contribution < 1.29 is 24.5 Å². The summed E-state index contributed by atoms with van der Waals surface area (Å²) in [5, 5.41) is 20.1. The summed E-state index contributed by atoms with van der Waals surface area (Å²) in [5.41, 5.74) is 6.23. The molecule has 0 radical (unpaired) electrons. The SMILES string of the molecule is C=CC(=O)OCC(O)COc1ccc(C2(c3ccc(O)cc3)c3ccccc3-c3ccccc32)cc1. The van der Waals surface area contributed by atoms with Crippen LogP contribution < -0.4 is 4.74 Å². The lowest BCUT2D eigenvalue weighted by molar-refractivity contribution is -0.141. The molecule has 0 fully saturated rings. The minimum absolute atomic E-state index is 0.0153. The molecule has 180 valence electrons. The van der Waals surface area contributed by atoms with Crippen molar-refractivity contribution in [3.63, 3.8) is 0 Å². The molecule has 5 nitrogen and oxygen atoms in total. The molecule has 0 spiro atoms. The molecule has 0 saturated carbocycles. The first kappa shape index (κ1) is 23.4. The second-order valence-electron chi connectivity index (χ2n) is 8.71. The molecule has 5 heteroatoms. The van der Waals surface area contributed by atoms with Gasteiger partial charge in [-0.25, -0.2) is 4.79 Å². The van der Waals surface area contributed by atoms with E-state index in [1.165, 1.54) is 22.3 Å². The third kappa shape index (κ3) is 4.04. The standard InChI is InChI=1S/C31H26O5/c1-2-30(34)36-20-24(33)19-35-25-17-13-22(14-18-25)31(21-11-15-23(32)16-12-21)28-9-5-3-7-26(28)27-8-4-6-10-29(27)31/h2-18,24,32-33H,1,19-20H2. The molecule has 1 aliphatic carbocycles. The fourth-order valence-corrected chi connectivity index (χ4v) is 5.01. The van der Waals surface area contributed by atoms with Gasteiger partial charge >= 0.3 is 5.97 Å². The van der Waals surface area contributed by atoms with Gasteiger partial charge < -0.3 is 19.7 Å². The molecular weight excluding hydrogens is 452 g/mol. The Hall–Kier alpha value is -4.35. The van der Waals surface area contributed by atoms with Crippen molar-refractivity contribution in [2.45, 2.75) is 11.5 Å². The van der Waals surface area contributed by atoms with Crippen molar-refractivity contribution in [1.82, 2.24) is 0 Å². The molecule has 36 heavy (non-hydrogen) atoms. The molecule has 1 aliphatic rings. The summed E-state index contributed by atoms with van der Waals surface area (Å²) < 4.78 is 10.6. The highest BCUT2D eigenvalue weighted by atomic mass is 16.5. The molecule has 0 saturated heterocycles. The summed E-state index contributed by atoms with van der Waals surface area (Å²) >= 11 is 0. The van der Waals surface area contributed by atoms with Crippen LogP contribution in [0, 0.1) is 0 Å². The number of hydrogen-bond acceptors (Lipinski definition) is 5. The number of ether oxygens (including phenoxy) is 2. The molecule has 0 aromatic heterocycles. The maximum Gasteiger partial charge on any atom is 0.330 e. The van der Waals surface area contributed by atoms with E-state index in [4.69, 9.17) is 9.47 Å². The topological polar surface area (TPSA) is 76.0 Å². The highest BCUT2D eigenvalue weighted by Crippen LogP contribution is 2.56. The molecule has 5 rings (SSSR count). The van der Waals surface area contributed by atoms with Crippen LogP contribution in [0.5, 0.6) is 11.5 Å². The van der Waals surface area contributed by atoms with Crippen molar-refractivity contribution in [1.29, 1.82) is 0 Å². The van der Waals surface area contributed by atoms with Gasteiger partial charge in [0.25, 0.3) is 0 Å². The van der Waals surface area contributed by atoms with Gasteiger partial charge in [0.15, 0.2) is 0 Å². The van der Waals surface area contributed by atoms with E-state index in [2.05, 4.69) is 55.1 Å².